The number of hydrogen-bond acceptors (Lipinski definition) is 3. The number of rotatable bonds is 4. The monoisotopic (exact) mass is 294 g/mol. The number of ketones is 1. The van der Waals surface area contributed by atoms with E-state index in [-0.39, 0.29) is 5.78 Å². The van der Waals surface area contributed by atoms with E-state index in [0.717, 1.165) is 27.2 Å². The maximum Gasteiger partial charge on any atom is 0.205 e. The topological polar surface area (TPSA) is 45.3 Å². The van der Waals surface area contributed by atoms with Gasteiger partial charge in [0.25, 0.3) is 0 Å². The lowest BCUT2D eigenvalue weighted by Crippen LogP contribution is -2.00. The molecule has 0 amide bonds. The highest BCUT2D eigenvalue weighted by Gasteiger charge is 2.21. The maximum absolute atomic E-state index is 12.8. The van der Waals surface area contributed by atoms with Gasteiger partial charge in [-0.1, -0.05) is 12.1 Å². The molecule has 0 atom stereocenters. The molecule has 3 heterocycles. The fraction of sp³-hybridized carbons (Fsp3) is 0.176. The molecule has 0 N–H and O–H groups in total. The highest BCUT2D eigenvalue weighted by atomic mass is 32.1. The summed E-state index contributed by atoms with van der Waals surface area (Å²) in [6.07, 6.45) is 3.07. The third-order valence-corrected chi connectivity index (χ3v) is 4.53. The normalized spacial score (nSPS) is 10.7. The van der Waals surface area contributed by atoms with Gasteiger partial charge in [0, 0.05) is 24.7 Å². The fourth-order valence-corrected chi connectivity index (χ4v) is 3.37. The molecule has 0 aliphatic rings. The zero-order chi connectivity index (χ0) is 14.8. The number of carbonyl (C=O) groups excluding carboxylic acids is 1. The van der Waals surface area contributed by atoms with Gasteiger partial charge in [-0.25, -0.2) is 0 Å². The average Bonchev–Trinajstić information content (AvgIpc) is 3.11. The molecule has 0 fully saturated rings. The number of nitrogens with zero attached hydrogens (tertiary/aromatic N) is 2. The van der Waals surface area contributed by atoms with Crippen molar-refractivity contribution >= 4 is 22.6 Å². The van der Waals surface area contributed by atoms with E-state index in [4.69, 9.17) is 5.26 Å². The van der Waals surface area contributed by atoms with Crippen LogP contribution in [0.25, 0.3) is 5.52 Å². The van der Waals surface area contributed by atoms with E-state index in [1.807, 2.05) is 53.2 Å². The Morgan fingerprint density at radius 3 is 2.90 bits per heavy atom. The Labute approximate surface area is 127 Å². The summed E-state index contributed by atoms with van der Waals surface area (Å²) < 4.78 is 2.04. The SMILES string of the molecule is Cc1c(C(=O)c2cccs2)c2ccccn2c1CCC#N. The van der Waals surface area contributed by atoms with Crippen LogP contribution in [-0.2, 0) is 6.42 Å². The molecule has 21 heavy (non-hydrogen) atoms. The number of thiophene rings is 1. The van der Waals surface area contributed by atoms with Crippen LogP contribution < -0.4 is 0 Å². The summed E-state index contributed by atoms with van der Waals surface area (Å²) in [5.74, 6) is 0.0643. The number of hydrogen-bond donors (Lipinski definition) is 0. The van der Waals surface area contributed by atoms with Gasteiger partial charge in [0.05, 0.1) is 22.0 Å². The quantitative estimate of drug-likeness (QED) is 0.683. The molecule has 0 aliphatic carbocycles. The van der Waals surface area contributed by atoms with Crippen LogP contribution in [0.4, 0.5) is 0 Å². The lowest BCUT2D eigenvalue weighted by atomic mass is 10.0. The molecular formula is C17H14N2OS. The predicted molar refractivity (Wildman–Crippen MR) is 83.8 cm³/mol. The lowest BCUT2D eigenvalue weighted by Gasteiger charge is -2.00. The van der Waals surface area contributed by atoms with Crippen LogP contribution in [0, 0.1) is 18.3 Å². The van der Waals surface area contributed by atoms with E-state index >= 15 is 0 Å². The minimum absolute atomic E-state index is 0.0643. The number of nitriles is 1. The number of fused-ring (bicyclic) bond motifs is 1. The molecule has 0 aliphatic heterocycles. The predicted octanol–water partition coefficient (Wildman–Crippen LogP) is 4.00. The van der Waals surface area contributed by atoms with E-state index < -0.39 is 0 Å². The smallest absolute Gasteiger partial charge is 0.205 e. The molecule has 3 aromatic rings. The van der Waals surface area contributed by atoms with Gasteiger partial charge in [-0.3, -0.25) is 4.79 Å². The highest BCUT2D eigenvalue weighted by Crippen LogP contribution is 2.27. The Morgan fingerprint density at radius 1 is 1.33 bits per heavy atom. The Balaban J connectivity index is 2.21. The van der Waals surface area contributed by atoms with Gasteiger partial charge in [-0.2, -0.15) is 5.26 Å². The molecule has 4 heteroatoms. The summed E-state index contributed by atoms with van der Waals surface area (Å²) in [4.78, 5) is 13.5. The second-order valence-corrected chi connectivity index (χ2v) is 5.81. The number of pyridine rings is 1. The third kappa shape index (κ3) is 2.26. The van der Waals surface area contributed by atoms with Gasteiger partial charge in [-0.05, 0) is 36.1 Å². The molecule has 0 radical (unpaired) electrons. The standard InChI is InChI=1S/C17H14N2OS/c1-12-13(7-4-9-18)19-10-3-2-6-14(19)16(12)17(20)15-8-5-11-21-15/h2-3,5-6,8,10-11H,4,7H2,1H3. The van der Waals surface area contributed by atoms with Crippen LogP contribution in [0.3, 0.4) is 0 Å². The van der Waals surface area contributed by atoms with E-state index in [9.17, 15) is 4.79 Å². The maximum atomic E-state index is 12.8. The molecule has 3 rings (SSSR count). The van der Waals surface area contributed by atoms with Crippen molar-refractivity contribution in [2.75, 3.05) is 0 Å². The molecule has 0 bridgehead atoms. The van der Waals surface area contributed by atoms with E-state index in [1.54, 1.807) is 0 Å². The van der Waals surface area contributed by atoms with Crippen LogP contribution >= 0.6 is 11.3 Å². The Kier molecular flexibility index (Phi) is 3.59. The largest absolute Gasteiger partial charge is 0.320 e. The second kappa shape index (κ2) is 5.55. The van der Waals surface area contributed by atoms with E-state index in [0.29, 0.717) is 12.8 Å². The molecule has 0 saturated carbocycles. The number of aromatic nitrogens is 1. The Hall–Kier alpha value is -2.38. The van der Waals surface area contributed by atoms with Crippen molar-refractivity contribution in [3.05, 3.63) is 63.6 Å². The van der Waals surface area contributed by atoms with Crippen molar-refractivity contribution in [2.24, 2.45) is 0 Å². The minimum Gasteiger partial charge on any atom is -0.320 e. The Morgan fingerprint density at radius 2 is 2.19 bits per heavy atom. The number of carbonyl (C=O) groups is 1. The van der Waals surface area contributed by atoms with E-state index in [2.05, 4.69) is 6.07 Å². The minimum atomic E-state index is 0.0643. The van der Waals surface area contributed by atoms with Gasteiger partial charge in [-0.15, -0.1) is 11.3 Å². The molecule has 0 aromatic carbocycles. The summed E-state index contributed by atoms with van der Waals surface area (Å²) in [6.45, 7) is 1.97. The second-order valence-electron chi connectivity index (χ2n) is 4.87. The first kappa shape index (κ1) is 13.6. The van der Waals surface area contributed by atoms with E-state index in [1.165, 1.54) is 11.3 Å². The molecule has 0 saturated heterocycles. The van der Waals surface area contributed by atoms with Gasteiger partial charge < -0.3 is 4.40 Å². The van der Waals surface area contributed by atoms with Crippen molar-refractivity contribution in [2.45, 2.75) is 19.8 Å². The summed E-state index contributed by atoms with van der Waals surface area (Å²) in [5, 5.41) is 10.7. The van der Waals surface area contributed by atoms with Crippen LogP contribution in [0.1, 0.15) is 32.9 Å². The van der Waals surface area contributed by atoms with Crippen LogP contribution in [0.2, 0.25) is 0 Å². The molecule has 3 aromatic heterocycles. The number of aryl methyl sites for hydroxylation is 1. The average molecular weight is 294 g/mol. The van der Waals surface area contributed by atoms with Crippen LogP contribution in [0.15, 0.2) is 41.9 Å². The summed E-state index contributed by atoms with van der Waals surface area (Å²) in [5.41, 5.74) is 3.70. The molecule has 0 spiro atoms. The van der Waals surface area contributed by atoms with Crippen molar-refractivity contribution in [3.8, 4) is 6.07 Å². The zero-order valence-electron chi connectivity index (χ0n) is 11.7. The molecule has 3 nitrogen and oxygen atoms in total. The molecular weight excluding hydrogens is 280 g/mol. The summed E-state index contributed by atoms with van der Waals surface area (Å²) in [7, 11) is 0. The third-order valence-electron chi connectivity index (χ3n) is 3.66. The first-order chi connectivity index (χ1) is 10.2. The Bertz CT molecular complexity index is 838. The highest BCUT2D eigenvalue weighted by molar-refractivity contribution is 7.12. The van der Waals surface area contributed by atoms with Crippen molar-refractivity contribution in [3.63, 3.8) is 0 Å². The van der Waals surface area contributed by atoms with Gasteiger partial charge >= 0.3 is 0 Å². The zero-order valence-corrected chi connectivity index (χ0v) is 12.5. The first-order valence-electron chi connectivity index (χ1n) is 6.77. The fourth-order valence-electron chi connectivity index (χ4n) is 2.70. The van der Waals surface area contributed by atoms with Crippen LogP contribution in [-0.4, -0.2) is 10.2 Å². The summed E-state index contributed by atoms with van der Waals surface area (Å²) in [6, 6.07) is 11.8. The van der Waals surface area contributed by atoms with Gasteiger partial charge in [0.2, 0.25) is 5.78 Å². The lowest BCUT2D eigenvalue weighted by molar-refractivity contribution is 0.104. The first-order valence-corrected chi connectivity index (χ1v) is 7.65. The molecule has 0 unspecified atom stereocenters. The van der Waals surface area contributed by atoms with Gasteiger partial charge in [0.1, 0.15) is 0 Å². The van der Waals surface area contributed by atoms with Crippen molar-refractivity contribution < 1.29 is 4.79 Å². The summed E-state index contributed by atoms with van der Waals surface area (Å²) >= 11 is 1.46. The molecule has 104 valence electrons. The van der Waals surface area contributed by atoms with Gasteiger partial charge in [0.15, 0.2) is 0 Å². The van der Waals surface area contributed by atoms with Crippen molar-refractivity contribution in [1.82, 2.24) is 4.40 Å². The van der Waals surface area contributed by atoms with Crippen LogP contribution in [0.5, 0.6) is 0 Å². The van der Waals surface area contributed by atoms with Crippen molar-refractivity contribution in [1.29, 1.82) is 5.26 Å².